The van der Waals surface area contributed by atoms with E-state index in [0.29, 0.717) is 74.4 Å². The second kappa shape index (κ2) is 15.6. The van der Waals surface area contributed by atoms with Gasteiger partial charge in [-0.25, -0.2) is 31.9 Å². The van der Waals surface area contributed by atoms with Gasteiger partial charge in [-0.2, -0.15) is 10.2 Å². The standard InChI is InChI=1S/C40H46F4N12O5/c1-50(30-12-14-52(21-40(30,43)44)27-4-3-5-28-34(27)51(2)39(61)56(28)29-10-11-32(58)48-38(29)60)17-22-6-8-23(9-7-22)55-20-26(33(49-55)35(41)42)46-37(59)25-16-45-54-15-13-31(47-36(25)54)53-18-24(57)19-53/h3-5,13,15-16,20,22-24,29-30,35,57H,6-12,14,17-19,21H2,1-2H3,(H,46,59)(H,48,58,60)/t22-,23-,29?,30?. The predicted octanol–water partition coefficient (Wildman–Crippen LogP) is 3.51. The number of aliphatic hydroxyl groups is 1. The molecular formula is C40H46F4N12O5. The summed E-state index contributed by atoms with van der Waals surface area (Å²) in [5.41, 5.74) is 0.494. The number of imide groups is 1. The Morgan fingerprint density at radius 3 is 2.54 bits per heavy atom. The summed E-state index contributed by atoms with van der Waals surface area (Å²) in [7, 11) is 3.25. The fraction of sp³-hybridized carbons (Fsp3) is 0.525. The monoisotopic (exact) mass is 850 g/mol. The van der Waals surface area contributed by atoms with E-state index in [0.717, 1.165) is 0 Å². The van der Waals surface area contributed by atoms with Crippen LogP contribution in [0.15, 0.2) is 47.7 Å². The van der Waals surface area contributed by atoms with Crippen molar-refractivity contribution in [2.45, 2.75) is 81.5 Å². The lowest BCUT2D eigenvalue weighted by atomic mass is 9.85. The van der Waals surface area contributed by atoms with Gasteiger partial charge in [-0.05, 0) is 69.7 Å². The Labute approximate surface area is 345 Å². The molecule has 21 heteroatoms. The van der Waals surface area contributed by atoms with Crippen molar-refractivity contribution in [2.24, 2.45) is 13.0 Å². The number of halogens is 4. The Morgan fingerprint density at radius 1 is 1.07 bits per heavy atom. The molecule has 3 N–H and O–H groups in total. The average molecular weight is 851 g/mol. The molecule has 3 saturated heterocycles. The summed E-state index contributed by atoms with van der Waals surface area (Å²) in [4.78, 5) is 61.0. The van der Waals surface area contributed by atoms with E-state index in [1.54, 1.807) is 54.4 Å². The molecule has 1 aliphatic carbocycles. The van der Waals surface area contributed by atoms with Crippen LogP contribution in [0.1, 0.15) is 79.5 Å². The quantitative estimate of drug-likeness (QED) is 0.138. The fourth-order valence-electron chi connectivity index (χ4n) is 9.58. The highest BCUT2D eigenvalue weighted by Gasteiger charge is 2.47. The smallest absolute Gasteiger partial charge is 0.329 e. The molecule has 5 aromatic rings. The molecule has 0 spiro atoms. The number of amides is 3. The summed E-state index contributed by atoms with van der Waals surface area (Å²) in [5.74, 6) is -4.13. The zero-order valence-corrected chi connectivity index (χ0v) is 33.6. The molecule has 7 heterocycles. The Bertz CT molecular complexity index is 2570. The number of alkyl halides is 4. The number of aryl methyl sites for hydroxylation is 1. The second-order valence-corrected chi connectivity index (χ2v) is 16.8. The molecule has 2 atom stereocenters. The Kier molecular flexibility index (Phi) is 10.4. The molecule has 4 aliphatic rings. The number of aliphatic hydroxyl groups excluding tert-OH is 1. The van der Waals surface area contributed by atoms with Crippen LogP contribution in [0.25, 0.3) is 16.7 Å². The van der Waals surface area contributed by atoms with E-state index in [1.807, 2.05) is 4.90 Å². The number of aromatic nitrogens is 7. The first kappa shape index (κ1) is 40.6. The van der Waals surface area contributed by atoms with Crippen LogP contribution >= 0.6 is 0 Å². The Hall–Kier alpha value is -5.83. The summed E-state index contributed by atoms with van der Waals surface area (Å²) in [6, 6.07) is 4.61. The number of piperidine rings is 2. The van der Waals surface area contributed by atoms with Crippen molar-refractivity contribution in [1.29, 1.82) is 0 Å². The molecule has 4 fully saturated rings. The van der Waals surface area contributed by atoms with Crippen molar-refractivity contribution < 1.29 is 37.1 Å². The van der Waals surface area contributed by atoms with Crippen LogP contribution in [0.3, 0.4) is 0 Å². The van der Waals surface area contributed by atoms with Crippen molar-refractivity contribution in [3.63, 3.8) is 0 Å². The van der Waals surface area contributed by atoms with Crippen LogP contribution in [0, 0.1) is 5.92 Å². The summed E-state index contributed by atoms with van der Waals surface area (Å²) in [5, 5.41) is 22.9. The highest BCUT2D eigenvalue weighted by Crippen LogP contribution is 2.39. The van der Waals surface area contributed by atoms with Gasteiger partial charge in [-0.3, -0.25) is 38.4 Å². The minimum absolute atomic E-state index is 0.0848. The van der Waals surface area contributed by atoms with Gasteiger partial charge in [0, 0.05) is 52.0 Å². The van der Waals surface area contributed by atoms with Crippen molar-refractivity contribution >= 4 is 51.6 Å². The van der Waals surface area contributed by atoms with Gasteiger partial charge in [0.15, 0.2) is 11.3 Å². The lowest BCUT2D eigenvalue weighted by Gasteiger charge is -2.44. The predicted molar refractivity (Wildman–Crippen MR) is 214 cm³/mol. The number of carbonyl (C=O) groups is 3. The number of nitrogens with zero attached hydrogens (tertiary/aromatic N) is 10. The van der Waals surface area contributed by atoms with E-state index < -0.39 is 66.2 Å². The number of imidazole rings is 1. The first-order chi connectivity index (χ1) is 29.2. The summed E-state index contributed by atoms with van der Waals surface area (Å²) in [6.45, 7) is 0.958. The minimum Gasteiger partial charge on any atom is -0.389 e. The lowest BCUT2D eigenvalue weighted by Crippen LogP contribution is -2.58. The van der Waals surface area contributed by atoms with Gasteiger partial charge in [-0.1, -0.05) is 6.07 Å². The molecule has 0 radical (unpaired) electrons. The van der Waals surface area contributed by atoms with Crippen LogP contribution in [0.4, 0.5) is 34.8 Å². The van der Waals surface area contributed by atoms with Gasteiger partial charge < -0.3 is 20.2 Å². The van der Waals surface area contributed by atoms with Gasteiger partial charge in [0.05, 0.1) is 53.3 Å². The molecule has 4 aromatic heterocycles. The van der Waals surface area contributed by atoms with E-state index in [-0.39, 0.29) is 48.1 Å². The molecule has 324 valence electrons. The summed E-state index contributed by atoms with van der Waals surface area (Å²) < 4.78 is 66.4. The van der Waals surface area contributed by atoms with Crippen molar-refractivity contribution in [3.8, 4) is 0 Å². The maximum Gasteiger partial charge on any atom is 0.329 e. The number of carbonyl (C=O) groups excluding carboxylic acids is 3. The SMILES string of the molecule is CN(C[C@H]1CC[C@H](n2cc(NC(=O)c3cnn4ccc(N5CC(O)C5)nc34)c(C(F)F)n2)CC1)C1CCN(c2cccc3c2n(C)c(=O)n3C2CCC(=O)NC2=O)CC1(F)F. The zero-order chi connectivity index (χ0) is 42.9. The number of hydrogen-bond donors (Lipinski definition) is 3. The van der Waals surface area contributed by atoms with Crippen molar-refractivity contribution in [3.05, 3.63) is 64.6 Å². The largest absolute Gasteiger partial charge is 0.389 e. The number of nitrogens with one attached hydrogen (secondary N) is 2. The van der Waals surface area contributed by atoms with Gasteiger partial charge >= 0.3 is 5.69 Å². The molecule has 9 rings (SSSR count). The van der Waals surface area contributed by atoms with Crippen LogP contribution < -0.4 is 26.1 Å². The normalized spacial score (nSPS) is 23.6. The first-order valence-electron chi connectivity index (χ1n) is 20.5. The molecule has 3 aliphatic heterocycles. The van der Waals surface area contributed by atoms with Crippen LogP contribution in [-0.4, -0.2) is 119 Å². The van der Waals surface area contributed by atoms with E-state index >= 15 is 8.78 Å². The molecule has 1 saturated carbocycles. The number of para-hydroxylation sites is 1. The number of anilines is 3. The number of rotatable bonds is 10. The number of benzene rings is 1. The van der Waals surface area contributed by atoms with Gasteiger partial charge in [-0.15, -0.1) is 0 Å². The van der Waals surface area contributed by atoms with E-state index in [9.17, 15) is 33.1 Å². The van der Waals surface area contributed by atoms with E-state index in [4.69, 9.17) is 0 Å². The molecule has 2 unspecified atom stereocenters. The molecule has 1 aromatic carbocycles. The van der Waals surface area contributed by atoms with Gasteiger partial charge in [0.25, 0.3) is 18.3 Å². The van der Waals surface area contributed by atoms with Crippen LogP contribution in [-0.2, 0) is 16.6 Å². The second-order valence-electron chi connectivity index (χ2n) is 16.8. The number of fused-ring (bicyclic) bond motifs is 2. The third-order valence-corrected chi connectivity index (χ3v) is 12.8. The number of β-amino-alcohol motifs (C(OH)–C–C–N with tert-alkyl or cyclic N) is 1. The first-order valence-corrected chi connectivity index (χ1v) is 20.5. The van der Waals surface area contributed by atoms with Crippen LogP contribution in [0.5, 0.6) is 0 Å². The van der Waals surface area contributed by atoms with Crippen molar-refractivity contribution in [2.75, 3.05) is 54.9 Å². The Balaban J connectivity index is 0.828. The highest BCUT2D eigenvalue weighted by molar-refractivity contribution is 6.08. The van der Waals surface area contributed by atoms with E-state index in [1.165, 1.54) is 30.7 Å². The fourth-order valence-corrected chi connectivity index (χ4v) is 9.58. The van der Waals surface area contributed by atoms with Crippen LogP contribution in [0.2, 0.25) is 0 Å². The Morgan fingerprint density at radius 2 is 1.84 bits per heavy atom. The third-order valence-electron chi connectivity index (χ3n) is 12.8. The molecule has 61 heavy (non-hydrogen) atoms. The maximum atomic E-state index is 16.1. The lowest BCUT2D eigenvalue weighted by molar-refractivity contribution is -0.135. The van der Waals surface area contributed by atoms with Gasteiger partial charge in [0.2, 0.25) is 11.8 Å². The van der Waals surface area contributed by atoms with Gasteiger partial charge in [0.1, 0.15) is 17.4 Å². The zero-order valence-electron chi connectivity index (χ0n) is 33.6. The minimum atomic E-state index is -3.11. The molecule has 0 bridgehead atoms. The molecule has 17 nitrogen and oxygen atoms in total. The molecular weight excluding hydrogens is 805 g/mol. The van der Waals surface area contributed by atoms with Crippen molar-refractivity contribution in [1.82, 2.24) is 43.7 Å². The average Bonchev–Trinajstić information content (AvgIpc) is 3.90. The topological polar surface area (TPSA) is 180 Å². The number of hydrogen-bond acceptors (Lipinski definition) is 11. The molecule has 3 amide bonds. The third kappa shape index (κ3) is 7.40. The highest BCUT2D eigenvalue weighted by atomic mass is 19.3. The van der Waals surface area contributed by atoms with E-state index in [2.05, 4.69) is 25.8 Å². The maximum absolute atomic E-state index is 16.1. The summed E-state index contributed by atoms with van der Waals surface area (Å²) in [6.07, 6.45) is 3.83. The summed E-state index contributed by atoms with van der Waals surface area (Å²) >= 11 is 0.